The second kappa shape index (κ2) is 6.26. The van der Waals surface area contributed by atoms with Gasteiger partial charge in [-0.15, -0.1) is 0 Å². The van der Waals surface area contributed by atoms with Crippen molar-refractivity contribution in [2.75, 3.05) is 0 Å². The van der Waals surface area contributed by atoms with Crippen molar-refractivity contribution in [3.63, 3.8) is 0 Å². The first-order chi connectivity index (χ1) is 13.1. The molecule has 0 atom stereocenters. The zero-order chi connectivity index (χ0) is 20.1. The van der Waals surface area contributed by atoms with Crippen molar-refractivity contribution in [2.24, 2.45) is 0 Å². The molecule has 4 rings (SSSR count). The van der Waals surface area contributed by atoms with E-state index in [0.29, 0.717) is 5.22 Å². The molecular formula is C22H12F6. The lowest BCUT2D eigenvalue weighted by molar-refractivity contribution is -0.143. The summed E-state index contributed by atoms with van der Waals surface area (Å²) in [5, 5.41) is 3.21. The summed E-state index contributed by atoms with van der Waals surface area (Å²) in [7, 11) is 0. The van der Waals surface area contributed by atoms with Gasteiger partial charge in [-0.05, 0) is 62.4 Å². The van der Waals surface area contributed by atoms with E-state index >= 15 is 0 Å². The van der Waals surface area contributed by atoms with E-state index in [1.807, 2.05) is 36.4 Å². The Kier molecular flexibility index (Phi) is 4.10. The van der Waals surface area contributed by atoms with E-state index in [1.165, 1.54) is 6.08 Å². The number of hydrogen-bond acceptors (Lipinski definition) is 0. The SMILES string of the molecule is FC(F)(F)c1cc(C=c2cccc3c2=c2ccccc2=C3)cc(C(F)(F)F)c1. The maximum atomic E-state index is 13.1. The van der Waals surface area contributed by atoms with E-state index in [0.717, 1.165) is 33.4 Å². The predicted molar refractivity (Wildman–Crippen MR) is 93.4 cm³/mol. The Hall–Kier alpha value is -3.02. The number of rotatable bonds is 1. The average Bonchev–Trinajstić information content (AvgIpc) is 2.99. The average molecular weight is 390 g/mol. The standard InChI is InChI=1S/C22H12F6/c23-21(24,25)17-9-13(10-18(12-17)22(26,27)28)8-15-5-3-6-16-11-14-4-1-2-7-19(14)20(15)16/h1-12H. The lowest BCUT2D eigenvalue weighted by Gasteiger charge is -2.13. The molecule has 0 fully saturated rings. The molecule has 0 saturated heterocycles. The third-order valence-electron chi connectivity index (χ3n) is 4.60. The molecule has 0 radical (unpaired) electrons. The minimum Gasteiger partial charge on any atom is -0.166 e. The van der Waals surface area contributed by atoms with Gasteiger partial charge in [0.2, 0.25) is 0 Å². The predicted octanol–water partition coefficient (Wildman–Crippen LogP) is 4.98. The van der Waals surface area contributed by atoms with Crippen LogP contribution in [-0.4, -0.2) is 0 Å². The molecule has 0 amide bonds. The van der Waals surface area contributed by atoms with Crippen molar-refractivity contribution >= 4 is 12.2 Å². The maximum absolute atomic E-state index is 13.1. The molecule has 0 nitrogen and oxygen atoms in total. The fourth-order valence-electron chi connectivity index (χ4n) is 3.40. The fraction of sp³-hybridized carbons (Fsp3) is 0.0909. The summed E-state index contributed by atoms with van der Waals surface area (Å²) in [5.74, 6) is 0. The van der Waals surface area contributed by atoms with E-state index in [1.54, 1.807) is 12.1 Å². The van der Waals surface area contributed by atoms with Crippen LogP contribution >= 0.6 is 0 Å². The lowest BCUT2D eigenvalue weighted by atomic mass is 10.0. The Morgan fingerprint density at radius 2 is 1.32 bits per heavy atom. The molecule has 3 aromatic rings. The molecule has 0 aromatic heterocycles. The number of hydrogen-bond donors (Lipinski definition) is 0. The minimum absolute atomic E-state index is 0.135. The highest BCUT2D eigenvalue weighted by molar-refractivity contribution is 5.60. The van der Waals surface area contributed by atoms with Gasteiger partial charge in [0.1, 0.15) is 0 Å². The van der Waals surface area contributed by atoms with E-state index in [9.17, 15) is 26.3 Å². The van der Waals surface area contributed by atoms with Gasteiger partial charge in [-0.2, -0.15) is 26.3 Å². The summed E-state index contributed by atoms with van der Waals surface area (Å²) in [6, 6.07) is 14.4. The van der Waals surface area contributed by atoms with Crippen molar-refractivity contribution in [3.8, 4) is 0 Å². The molecule has 0 unspecified atom stereocenters. The van der Waals surface area contributed by atoms with Crippen molar-refractivity contribution in [2.45, 2.75) is 12.4 Å². The first-order valence-corrected chi connectivity index (χ1v) is 8.34. The topological polar surface area (TPSA) is 0 Å². The molecule has 1 aliphatic rings. The number of halogens is 6. The maximum Gasteiger partial charge on any atom is 0.416 e. The highest BCUT2D eigenvalue weighted by Crippen LogP contribution is 2.36. The summed E-state index contributed by atoms with van der Waals surface area (Å²) in [6.45, 7) is 0. The molecule has 142 valence electrons. The van der Waals surface area contributed by atoms with Crippen LogP contribution in [0.3, 0.4) is 0 Å². The number of fused-ring (bicyclic) bond motifs is 2. The van der Waals surface area contributed by atoms with Gasteiger partial charge < -0.3 is 0 Å². The molecule has 0 aliphatic heterocycles. The lowest BCUT2D eigenvalue weighted by Crippen LogP contribution is -2.12. The zero-order valence-electron chi connectivity index (χ0n) is 14.2. The third-order valence-corrected chi connectivity index (χ3v) is 4.60. The molecule has 3 aromatic carbocycles. The molecule has 0 N–H and O–H groups in total. The van der Waals surface area contributed by atoms with E-state index in [4.69, 9.17) is 0 Å². The Balaban J connectivity index is 2.03. The van der Waals surface area contributed by atoms with Gasteiger partial charge >= 0.3 is 12.4 Å². The number of alkyl halides is 6. The molecule has 0 spiro atoms. The highest BCUT2D eigenvalue weighted by Gasteiger charge is 2.36. The van der Waals surface area contributed by atoms with Gasteiger partial charge in [0.25, 0.3) is 0 Å². The molecule has 0 heterocycles. The second-order valence-corrected chi connectivity index (χ2v) is 6.53. The van der Waals surface area contributed by atoms with Crippen LogP contribution in [0.4, 0.5) is 26.3 Å². The van der Waals surface area contributed by atoms with Crippen molar-refractivity contribution in [1.82, 2.24) is 0 Å². The van der Waals surface area contributed by atoms with Crippen molar-refractivity contribution in [1.29, 1.82) is 0 Å². The van der Waals surface area contributed by atoms with E-state index < -0.39 is 23.5 Å². The Morgan fingerprint density at radius 1 is 0.679 bits per heavy atom. The van der Waals surface area contributed by atoms with Crippen LogP contribution in [-0.2, 0) is 12.4 Å². The largest absolute Gasteiger partial charge is 0.416 e. The van der Waals surface area contributed by atoms with Gasteiger partial charge in [-0.25, -0.2) is 0 Å². The minimum atomic E-state index is -4.87. The summed E-state index contributed by atoms with van der Waals surface area (Å²) in [6.07, 6.45) is -6.44. The summed E-state index contributed by atoms with van der Waals surface area (Å²) < 4.78 is 78.6. The van der Waals surface area contributed by atoms with Crippen LogP contribution in [0.1, 0.15) is 22.3 Å². The van der Waals surface area contributed by atoms with Gasteiger partial charge in [-0.1, -0.05) is 42.5 Å². The van der Waals surface area contributed by atoms with Crippen molar-refractivity contribution in [3.05, 3.63) is 104 Å². The molecular weight excluding hydrogens is 378 g/mol. The summed E-state index contributed by atoms with van der Waals surface area (Å²) in [4.78, 5) is 0. The molecule has 28 heavy (non-hydrogen) atoms. The quantitative estimate of drug-likeness (QED) is 0.402. The normalized spacial score (nSPS) is 13.9. The first kappa shape index (κ1) is 18.3. The molecule has 6 heteroatoms. The van der Waals surface area contributed by atoms with Crippen molar-refractivity contribution < 1.29 is 26.3 Å². The van der Waals surface area contributed by atoms with Gasteiger partial charge in [0.15, 0.2) is 0 Å². The summed E-state index contributed by atoms with van der Waals surface area (Å²) >= 11 is 0. The first-order valence-electron chi connectivity index (χ1n) is 8.34. The fourth-order valence-corrected chi connectivity index (χ4v) is 3.40. The van der Waals surface area contributed by atoms with E-state index in [-0.39, 0.29) is 11.6 Å². The monoisotopic (exact) mass is 390 g/mol. The number of benzene rings is 3. The third kappa shape index (κ3) is 3.30. The smallest absolute Gasteiger partial charge is 0.166 e. The summed E-state index contributed by atoms with van der Waals surface area (Å²) in [5.41, 5.74) is -1.93. The Labute approximate surface area is 155 Å². The van der Waals surface area contributed by atoms with Crippen LogP contribution < -0.4 is 10.4 Å². The van der Waals surface area contributed by atoms with Crippen LogP contribution in [0.2, 0.25) is 0 Å². The molecule has 0 saturated carbocycles. The molecule has 0 bridgehead atoms. The van der Waals surface area contributed by atoms with E-state index in [2.05, 4.69) is 0 Å². The highest BCUT2D eigenvalue weighted by atomic mass is 19.4. The second-order valence-electron chi connectivity index (χ2n) is 6.53. The Morgan fingerprint density at radius 3 is 1.96 bits per heavy atom. The van der Waals surface area contributed by atoms with Crippen LogP contribution in [0.5, 0.6) is 0 Å². The van der Waals surface area contributed by atoms with Crippen LogP contribution in [0.25, 0.3) is 12.2 Å². The van der Waals surface area contributed by atoms with Crippen LogP contribution in [0, 0.1) is 10.4 Å². The van der Waals surface area contributed by atoms with Crippen LogP contribution in [0.15, 0.2) is 60.7 Å². The zero-order valence-corrected chi connectivity index (χ0v) is 14.2. The van der Waals surface area contributed by atoms with Gasteiger partial charge in [0.05, 0.1) is 11.1 Å². The van der Waals surface area contributed by atoms with Gasteiger partial charge in [0, 0.05) is 0 Å². The molecule has 1 aliphatic carbocycles. The van der Waals surface area contributed by atoms with Gasteiger partial charge in [-0.3, -0.25) is 0 Å². The Bertz CT molecular complexity index is 1250.